The van der Waals surface area contributed by atoms with E-state index in [1.807, 2.05) is 0 Å². The molecule has 0 aliphatic heterocycles. The summed E-state index contributed by atoms with van der Waals surface area (Å²) in [6, 6.07) is 1.39. The van der Waals surface area contributed by atoms with Crippen molar-refractivity contribution in [3.8, 4) is 0 Å². The highest BCUT2D eigenvalue weighted by molar-refractivity contribution is 5.81. The van der Waals surface area contributed by atoms with Gasteiger partial charge in [0.25, 0.3) is 0 Å². The van der Waals surface area contributed by atoms with Gasteiger partial charge in [-0.3, -0.25) is 9.69 Å². The van der Waals surface area contributed by atoms with E-state index in [0.717, 1.165) is 31.2 Å². The summed E-state index contributed by atoms with van der Waals surface area (Å²) >= 11 is 0. The lowest BCUT2D eigenvalue weighted by molar-refractivity contribution is -0.117. The molecule has 0 aromatic rings. The zero-order chi connectivity index (χ0) is 10.1. The van der Waals surface area contributed by atoms with Gasteiger partial charge in [-0.05, 0) is 25.2 Å². The fourth-order valence-corrected chi connectivity index (χ4v) is 2.50. The van der Waals surface area contributed by atoms with E-state index in [1.165, 1.54) is 19.4 Å². The number of nitrogens with zero attached hydrogens (tertiary/aromatic N) is 1. The Morgan fingerprint density at radius 1 is 1.29 bits per heavy atom. The molecule has 0 N–H and O–H groups in total. The highest BCUT2D eigenvalue weighted by Crippen LogP contribution is 2.33. The van der Waals surface area contributed by atoms with Gasteiger partial charge < -0.3 is 0 Å². The monoisotopic (exact) mass is 195 g/mol. The van der Waals surface area contributed by atoms with Gasteiger partial charge in [0.15, 0.2) is 0 Å². The minimum atomic E-state index is 0.476. The minimum absolute atomic E-state index is 0.476. The van der Waals surface area contributed by atoms with Crippen LogP contribution in [0.4, 0.5) is 0 Å². The average Bonchev–Trinajstić information content (AvgIpc) is 2.85. The number of hydrogen-bond donors (Lipinski definition) is 0. The van der Waals surface area contributed by atoms with Crippen molar-refractivity contribution in [1.29, 1.82) is 0 Å². The Morgan fingerprint density at radius 2 is 2.00 bits per heavy atom. The van der Waals surface area contributed by atoms with Crippen LogP contribution in [0.2, 0.25) is 0 Å². The van der Waals surface area contributed by atoms with Gasteiger partial charge in [0.1, 0.15) is 5.78 Å². The zero-order valence-corrected chi connectivity index (χ0v) is 9.33. The summed E-state index contributed by atoms with van der Waals surface area (Å²) < 4.78 is 0. The molecule has 0 aromatic carbocycles. The summed E-state index contributed by atoms with van der Waals surface area (Å²) in [5.41, 5.74) is 0. The Morgan fingerprint density at radius 3 is 2.43 bits per heavy atom. The van der Waals surface area contributed by atoms with Crippen LogP contribution in [0.3, 0.4) is 0 Å². The number of rotatable bonds is 4. The average molecular weight is 195 g/mol. The fraction of sp³-hybridized carbons (Fsp3) is 0.917. The largest absolute Gasteiger partial charge is 0.300 e. The first-order valence-electron chi connectivity index (χ1n) is 5.94. The summed E-state index contributed by atoms with van der Waals surface area (Å²) in [5.74, 6) is 1.20. The first-order valence-corrected chi connectivity index (χ1v) is 5.94. The van der Waals surface area contributed by atoms with Gasteiger partial charge in [-0.1, -0.05) is 13.8 Å². The van der Waals surface area contributed by atoms with Gasteiger partial charge >= 0.3 is 0 Å². The van der Waals surface area contributed by atoms with Crippen LogP contribution in [0.15, 0.2) is 0 Å². The second-order valence-corrected chi connectivity index (χ2v) is 5.26. The smallest absolute Gasteiger partial charge is 0.134 e. The quantitative estimate of drug-likeness (QED) is 0.685. The highest BCUT2D eigenvalue weighted by atomic mass is 16.1. The molecule has 2 nitrogen and oxygen atoms in total. The maximum atomic E-state index is 11.3. The molecule has 1 atom stereocenters. The second-order valence-electron chi connectivity index (χ2n) is 5.26. The molecule has 1 unspecified atom stereocenters. The van der Waals surface area contributed by atoms with Crippen molar-refractivity contribution in [2.45, 2.75) is 58.0 Å². The van der Waals surface area contributed by atoms with Crippen LogP contribution < -0.4 is 0 Å². The van der Waals surface area contributed by atoms with Crippen molar-refractivity contribution < 1.29 is 4.79 Å². The predicted molar refractivity (Wildman–Crippen MR) is 57.2 cm³/mol. The van der Waals surface area contributed by atoms with E-state index in [-0.39, 0.29) is 0 Å². The van der Waals surface area contributed by atoms with E-state index in [0.29, 0.717) is 11.8 Å². The lowest BCUT2D eigenvalue weighted by atomic mass is 10.1. The Bertz CT molecular complexity index is 220. The third kappa shape index (κ3) is 2.35. The predicted octanol–water partition coefficient (Wildman–Crippen LogP) is 2.23. The van der Waals surface area contributed by atoms with Gasteiger partial charge in [0.05, 0.1) is 0 Å². The molecule has 0 aromatic heterocycles. The molecular formula is C12H21NO. The van der Waals surface area contributed by atoms with Crippen LogP contribution in [0.25, 0.3) is 0 Å². The van der Waals surface area contributed by atoms with Gasteiger partial charge in [0, 0.05) is 31.5 Å². The third-order valence-electron chi connectivity index (χ3n) is 3.28. The molecule has 2 fully saturated rings. The molecule has 2 heteroatoms. The van der Waals surface area contributed by atoms with Crippen LogP contribution in [0, 0.1) is 5.92 Å². The number of Topliss-reactive ketones (excluding diaryl/α,β-unsaturated/α-hetero) is 1. The first kappa shape index (κ1) is 10.2. The van der Waals surface area contributed by atoms with Gasteiger partial charge in [-0.15, -0.1) is 0 Å². The normalized spacial score (nSPS) is 28.0. The highest BCUT2D eigenvalue weighted by Gasteiger charge is 2.37. The summed E-state index contributed by atoms with van der Waals surface area (Å²) in [6.45, 7) is 5.72. The Hall–Kier alpha value is -0.370. The summed E-state index contributed by atoms with van der Waals surface area (Å²) in [6.07, 6.45) is 5.48. The lowest BCUT2D eigenvalue weighted by Crippen LogP contribution is -2.38. The number of hydrogen-bond acceptors (Lipinski definition) is 2. The minimum Gasteiger partial charge on any atom is -0.300 e. The number of ketones is 1. The Labute approximate surface area is 86.7 Å². The van der Waals surface area contributed by atoms with Crippen LogP contribution in [0.5, 0.6) is 0 Å². The molecule has 14 heavy (non-hydrogen) atoms. The molecule has 2 saturated carbocycles. The molecule has 0 bridgehead atoms. The van der Waals surface area contributed by atoms with Crippen molar-refractivity contribution >= 4 is 5.78 Å². The maximum absolute atomic E-state index is 11.3. The van der Waals surface area contributed by atoms with Crippen LogP contribution in [-0.4, -0.2) is 29.3 Å². The lowest BCUT2D eigenvalue weighted by Gasteiger charge is -2.29. The van der Waals surface area contributed by atoms with Crippen LogP contribution in [-0.2, 0) is 4.79 Å². The van der Waals surface area contributed by atoms with E-state index in [2.05, 4.69) is 18.7 Å². The molecule has 0 radical (unpaired) electrons. The molecule has 0 amide bonds. The van der Waals surface area contributed by atoms with E-state index < -0.39 is 0 Å². The first-order chi connectivity index (χ1) is 6.66. The number of carbonyl (C=O) groups excluding carboxylic acids is 1. The van der Waals surface area contributed by atoms with Gasteiger partial charge in [-0.2, -0.15) is 0 Å². The molecule has 2 rings (SSSR count). The SMILES string of the molecule is CC(C)CN(C1CC1)C1CCC(=O)C1. The summed E-state index contributed by atoms with van der Waals surface area (Å²) in [5, 5.41) is 0. The van der Waals surface area contributed by atoms with Gasteiger partial charge in [0.2, 0.25) is 0 Å². The third-order valence-corrected chi connectivity index (χ3v) is 3.28. The fourth-order valence-electron chi connectivity index (χ4n) is 2.50. The van der Waals surface area contributed by atoms with Crippen LogP contribution in [0.1, 0.15) is 46.0 Å². The maximum Gasteiger partial charge on any atom is 0.134 e. The summed E-state index contributed by atoms with van der Waals surface area (Å²) in [4.78, 5) is 13.9. The topological polar surface area (TPSA) is 20.3 Å². The van der Waals surface area contributed by atoms with Crippen molar-refractivity contribution in [3.05, 3.63) is 0 Å². The standard InChI is InChI=1S/C12H21NO/c1-9(2)8-13(10-3-4-10)11-5-6-12(14)7-11/h9-11H,3-8H2,1-2H3. The molecule has 0 spiro atoms. The van der Waals surface area contributed by atoms with E-state index in [4.69, 9.17) is 0 Å². The molecule has 0 saturated heterocycles. The molecule has 2 aliphatic rings. The molecular weight excluding hydrogens is 174 g/mol. The summed E-state index contributed by atoms with van der Waals surface area (Å²) in [7, 11) is 0. The van der Waals surface area contributed by atoms with E-state index >= 15 is 0 Å². The Kier molecular flexibility index (Phi) is 2.91. The molecule has 80 valence electrons. The van der Waals surface area contributed by atoms with E-state index in [1.54, 1.807) is 0 Å². The van der Waals surface area contributed by atoms with Crippen molar-refractivity contribution in [1.82, 2.24) is 4.90 Å². The van der Waals surface area contributed by atoms with Crippen LogP contribution >= 0.6 is 0 Å². The molecule has 0 heterocycles. The number of carbonyl (C=O) groups is 1. The van der Waals surface area contributed by atoms with Crippen molar-refractivity contribution in [2.24, 2.45) is 5.92 Å². The van der Waals surface area contributed by atoms with Gasteiger partial charge in [-0.25, -0.2) is 0 Å². The van der Waals surface area contributed by atoms with Crippen molar-refractivity contribution in [2.75, 3.05) is 6.54 Å². The van der Waals surface area contributed by atoms with E-state index in [9.17, 15) is 4.79 Å². The molecule has 2 aliphatic carbocycles. The Balaban J connectivity index is 1.92. The van der Waals surface area contributed by atoms with Crippen molar-refractivity contribution in [3.63, 3.8) is 0 Å². The second kappa shape index (κ2) is 4.01. The zero-order valence-electron chi connectivity index (χ0n) is 9.33.